The maximum absolute atomic E-state index is 5.88. The van der Waals surface area contributed by atoms with Crippen LogP contribution >= 0.6 is 12.2 Å². The van der Waals surface area contributed by atoms with Crippen molar-refractivity contribution in [3.8, 4) is 17.3 Å². The van der Waals surface area contributed by atoms with Gasteiger partial charge >= 0.3 is 0 Å². The molecule has 4 heterocycles. The van der Waals surface area contributed by atoms with Crippen LogP contribution in [-0.2, 0) is 0 Å². The van der Waals surface area contributed by atoms with Crippen molar-refractivity contribution in [2.24, 2.45) is 0 Å². The molecule has 0 amide bonds. The van der Waals surface area contributed by atoms with Gasteiger partial charge in [0.05, 0.1) is 31.6 Å². The van der Waals surface area contributed by atoms with Crippen molar-refractivity contribution in [1.82, 2.24) is 19.9 Å². The minimum Gasteiger partial charge on any atom is -0.497 e. The van der Waals surface area contributed by atoms with Crippen molar-refractivity contribution < 1.29 is 9.47 Å². The van der Waals surface area contributed by atoms with Gasteiger partial charge in [-0.15, -0.1) is 0 Å². The van der Waals surface area contributed by atoms with Gasteiger partial charge in [0, 0.05) is 30.4 Å². The van der Waals surface area contributed by atoms with Crippen LogP contribution in [0.2, 0.25) is 0 Å². The normalized spacial score (nSPS) is 17.5. The van der Waals surface area contributed by atoms with Crippen molar-refractivity contribution in [1.29, 1.82) is 0 Å². The molecule has 0 unspecified atom stereocenters. The Hall–Kier alpha value is -3.91. The van der Waals surface area contributed by atoms with Crippen LogP contribution in [0.3, 0.4) is 0 Å². The van der Waals surface area contributed by atoms with Crippen molar-refractivity contribution in [2.45, 2.75) is 19.0 Å². The Labute approximate surface area is 204 Å². The van der Waals surface area contributed by atoms with Gasteiger partial charge in [0.2, 0.25) is 0 Å². The predicted octanol–water partition coefficient (Wildman–Crippen LogP) is 4.77. The van der Waals surface area contributed by atoms with E-state index in [-0.39, 0.29) is 12.1 Å². The summed E-state index contributed by atoms with van der Waals surface area (Å²) >= 11 is 5.88. The van der Waals surface area contributed by atoms with Gasteiger partial charge in [0.15, 0.2) is 5.11 Å². The Balaban J connectivity index is 1.70. The summed E-state index contributed by atoms with van der Waals surface area (Å²) in [6, 6.07) is 19.4. The van der Waals surface area contributed by atoms with Gasteiger partial charge in [0.1, 0.15) is 23.4 Å². The predicted molar refractivity (Wildman–Crippen MR) is 136 cm³/mol. The topological polar surface area (TPSA) is 64.4 Å². The van der Waals surface area contributed by atoms with Crippen LogP contribution in [-0.4, -0.2) is 33.9 Å². The molecule has 0 saturated carbocycles. The molecule has 1 saturated heterocycles. The molecule has 0 radical (unpaired) electrons. The molecule has 34 heavy (non-hydrogen) atoms. The number of benzene rings is 1. The van der Waals surface area contributed by atoms with E-state index in [2.05, 4.69) is 36.9 Å². The molecule has 1 N–H and O–H groups in total. The largest absolute Gasteiger partial charge is 0.497 e. The first-order chi connectivity index (χ1) is 16.6. The molecule has 1 aromatic carbocycles. The van der Waals surface area contributed by atoms with E-state index in [4.69, 9.17) is 21.7 Å². The fourth-order valence-corrected chi connectivity index (χ4v) is 4.68. The van der Waals surface area contributed by atoms with Crippen LogP contribution in [0, 0.1) is 6.92 Å². The lowest BCUT2D eigenvalue weighted by Crippen LogP contribution is -2.30. The quantitative estimate of drug-likeness (QED) is 0.407. The minimum atomic E-state index is -0.221. The fraction of sp³-hybridized carbons (Fsp3) is 0.192. The third-order valence-electron chi connectivity index (χ3n) is 5.97. The second kappa shape index (κ2) is 9.15. The molecular weight excluding hydrogens is 446 g/mol. The number of rotatable bonds is 6. The SMILES string of the molecule is COc1ccc(OC)c(N2C(=S)N[C@@H](c3ccccn3)[C@H]2c2cccn2-c2ccc(C)cn2)c1. The number of ether oxygens (including phenoxy) is 2. The van der Waals surface area contributed by atoms with E-state index in [0.717, 1.165) is 28.5 Å². The number of hydrogen-bond donors (Lipinski definition) is 1. The highest BCUT2D eigenvalue weighted by atomic mass is 32.1. The first-order valence-corrected chi connectivity index (χ1v) is 11.3. The summed E-state index contributed by atoms with van der Waals surface area (Å²) in [4.78, 5) is 11.4. The summed E-state index contributed by atoms with van der Waals surface area (Å²) in [5, 5.41) is 4.08. The molecule has 1 fully saturated rings. The van der Waals surface area contributed by atoms with Crippen LogP contribution in [0.15, 0.2) is 79.3 Å². The summed E-state index contributed by atoms with van der Waals surface area (Å²) in [6.07, 6.45) is 5.69. The summed E-state index contributed by atoms with van der Waals surface area (Å²) < 4.78 is 13.3. The van der Waals surface area contributed by atoms with E-state index < -0.39 is 0 Å². The molecule has 2 atom stereocenters. The van der Waals surface area contributed by atoms with Crippen LogP contribution in [0.25, 0.3) is 5.82 Å². The van der Waals surface area contributed by atoms with E-state index in [0.29, 0.717) is 16.6 Å². The average molecular weight is 472 g/mol. The summed E-state index contributed by atoms with van der Waals surface area (Å²) in [5.41, 5.74) is 3.83. The van der Waals surface area contributed by atoms with Crippen LogP contribution in [0.5, 0.6) is 11.5 Å². The first kappa shape index (κ1) is 21.9. The lowest BCUT2D eigenvalue weighted by atomic mass is 10.0. The zero-order valence-electron chi connectivity index (χ0n) is 19.2. The number of aromatic nitrogens is 3. The van der Waals surface area contributed by atoms with Crippen molar-refractivity contribution in [3.05, 3.63) is 96.2 Å². The third kappa shape index (κ3) is 3.86. The molecule has 0 bridgehead atoms. The molecule has 172 valence electrons. The number of nitrogens with zero attached hydrogens (tertiary/aromatic N) is 4. The number of anilines is 1. The van der Waals surface area contributed by atoms with E-state index >= 15 is 0 Å². The number of nitrogens with one attached hydrogen (secondary N) is 1. The van der Waals surface area contributed by atoms with Gasteiger partial charge in [-0.3, -0.25) is 4.98 Å². The lowest BCUT2D eigenvalue weighted by molar-refractivity contribution is 0.402. The molecule has 5 rings (SSSR count). The zero-order valence-corrected chi connectivity index (χ0v) is 20.0. The van der Waals surface area contributed by atoms with Gasteiger partial charge in [-0.2, -0.15) is 0 Å². The number of hydrogen-bond acceptors (Lipinski definition) is 5. The molecule has 1 aliphatic heterocycles. The van der Waals surface area contributed by atoms with E-state index in [1.807, 2.05) is 67.8 Å². The molecule has 0 aliphatic carbocycles. The highest BCUT2D eigenvalue weighted by Crippen LogP contribution is 2.45. The summed E-state index contributed by atoms with van der Waals surface area (Å²) in [5.74, 6) is 2.25. The summed E-state index contributed by atoms with van der Waals surface area (Å²) in [6.45, 7) is 2.03. The van der Waals surface area contributed by atoms with Crippen LogP contribution in [0.4, 0.5) is 5.69 Å². The molecule has 4 aromatic rings. The second-order valence-electron chi connectivity index (χ2n) is 8.03. The maximum atomic E-state index is 5.88. The van der Waals surface area contributed by atoms with Gasteiger partial charge in [-0.25, -0.2) is 4.98 Å². The van der Waals surface area contributed by atoms with Gasteiger partial charge in [0.25, 0.3) is 0 Å². The fourth-order valence-electron chi connectivity index (χ4n) is 4.35. The lowest BCUT2D eigenvalue weighted by Gasteiger charge is -2.30. The van der Waals surface area contributed by atoms with Crippen LogP contribution in [0.1, 0.15) is 29.0 Å². The monoisotopic (exact) mass is 471 g/mol. The number of methoxy groups -OCH3 is 2. The Morgan fingerprint density at radius 3 is 2.56 bits per heavy atom. The van der Waals surface area contributed by atoms with E-state index in [1.165, 1.54) is 0 Å². The highest BCUT2D eigenvalue weighted by Gasteiger charge is 2.43. The zero-order chi connectivity index (χ0) is 23.7. The maximum Gasteiger partial charge on any atom is 0.174 e. The first-order valence-electron chi connectivity index (χ1n) is 10.9. The summed E-state index contributed by atoms with van der Waals surface area (Å²) in [7, 11) is 3.30. The number of aryl methyl sites for hydroxylation is 1. The average Bonchev–Trinajstić information content (AvgIpc) is 3.49. The molecule has 8 heteroatoms. The van der Waals surface area contributed by atoms with E-state index in [9.17, 15) is 0 Å². The van der Waals surface area contributed by atoms with Gasteiger partial charge < -0.3 is 24.3 Å². The highest BCUT2D eigenvalue weighted by molar-refractivity contribution is 7.80. The van der Waals surface area contributed by atoms with E-state index in [1.54, 1.807) is 20.4 Å². The van der Waals surface area contributed by atoms with Gasteiger partial charge in [-0.1, -0.05) is 12.1 Å². The minimum absolute atomic E-state index is 0.191. The van der Waals surface area contributed by atoms with Gasteiger partial charge in [-0.05, 0) is 67.2 Å². The standard InChI is InChI=1S/C26H25N5O2S/c1-17-9-12-23(28-16-17)30-14-6-8-20(30)25-24(19-7-4-5-13-27-19)29-26(34)31(25)21-15-18(32-2)10-11-22(21)33-3/h4-16,24-25H,1-3H3,(H,29,34)/t24-,25+/m0/s1. The Morgan fingerprint density at radius 2 is 1.85 bits per heavy atom. The van der Waals surface area contributed by atoms with Crippen molar-refractivity contribution in [3.63, 3.8) is 0 Å². The molecule has 7 nitrogen and oxygen atoms in total. The second-order valence-corrected chi connectivity index (χ2v) is 8.42. The Bertz CT molecular complexity index is 1310. The number of pyridine rings is 2. The Morgan fingerprint density at radius 1 is 0.971 bits per heavy atom. The molecule has 0 spiro atoms. The van der Waals surface area contributed by atoms with Crippen molar-refractivity contribution in [2.75, 3.05) is 19.1 Å². The number of thiocarbonyl (C=S) groups is 1. The molecular formula is C26H25N5O2S. The molecule has 3 aromatic heterocycles. The smallest absolute Gasteiger partial charge is 0.174 e. The van der Waals surface area contributed by atoms with Crippen molar-refractivity contribution >= 4 is 23.0 Å². The van der Waals surface area contributed by atoms with Crippen LogP contribution < -0.4 is 19.7 Å². The third-order valence-corrected chi connectivity index (χ3v) is 6.28. The Kier molecular flexibility index (Phi) is 5.90. The molecule has 1 aliphatic rings.